The molecule has 7 heteroatoms. The Morgan fingerprint density at radius 1 is 0.833 bits per heavy atom. The highest BCUT2D eigenvalue weighted by atomic mass is 16.3. The van der Waals surface area contributed by atoms with Gasteiger partial charge >= 0.3 is 5.69 Å². The molecule has 0 aliphatic heterocycles. The van der Waals surface area contributed by atoms with Crippen LogP contribution in [0.3, 0.4) is 0 Å². The molecule has 30 heavy (non-hydrogen) atoms. The number of nitrogens with one attached hydrogen (secondary N) is 1. The van der Waals surface area contributed by atoms with Gasteiger partial charge in [-0.05, 0) is 24.3 Å². The lowest BCUT2D eigenvalue weighted by Crippen LogP contribution is -2.32. The van der Waals surface area contributed by atoms with Crippen LogP contribution < -0.4 is 11.0 Å². The summed E-state index contributed by atoms with van der Waals surface area (Å²) < 4.78 is 1.05. The first-order chi connectivity index (χ1) is 14.6. The van der Waals surface area contributed by atoms with Gasteiger partial charge in [0.2, 0.25) is 5.91 Å². The summed E-state index contributed by atoms with van der Waals surface area (Å²) in [5, 5.41) is 16.5. The van der Waals surface area contributed by atoms with Crippen LogP contribution in [-0.2, 0) is 11.3 Å². The molecule has 4 rings (SSSR count). The molecule has 0 bridgehead atoms. The number of phenolic OH excluding ortho intramolecular Hbond substituents is 1. The zero-order valence-corrected chi connectivity index (χ0v) is 15.9. The number of anilines is 1. The van der Waals surface area contributed by atoms with Gasteiger partial charge in [-0.1, -0.05) is 60.7 Å². The van der Waals surface area contributed by atoms with Gasteiger partial charge in [-0.3, -0.25) is 4.79 Å². The van der Waals surface area contributed by atoms with E-state index >= 15 is 0 Å². The molecular formula is C23H18N4O3. The predicted octanol–water partition coefficient (Wildman–Crippen LogP) is 3.32. The summed E-state index contributed by atoms with van der Waals surface area (Å²) in [4.78, 5) is 29.2. The maximum absolute atomic E-state index is 12.6. The van der Waals surface area contributed by atoms with Crippen LogP contribution in [0.1, 0.15) is 0 Å². The van der Waals surface area contributed by atoms with Crippen LogP contribution in [0.25, 0.3) is 22.5 Å². The first-order valence-corrected chi connectivity index (χ1v) is 9.29. The summed E-state index contributed by atoms with van der Waals surface area (Å²) in [5.74, 6) is -0.331. The number of hydrogen-bond donors (Lipinski definition) is 2. The molecule has 0 unspecified atom stereocenters. The van der Waals surface area contributed by atoms with E-state index in [0.717, 1.165) is 15.8 Å². The van der Waals surface area contributed by atoms with Gasteiger partial charge in [-0.15, -0.1) is 0 Å². The van der Waals surface area contributed by atoms with Gasteiger partial charge in [0.15, 0.2) is 0 Å². The number of amides is 1. The highest BCUT2D eigenvalue weighted by Gasteiger charge is 2.16. The molecule has 4 aromatic rings. The molecule has 1 heterocycles. The van der Waals surface area contributed by atoms with Gasteiger partial charge in [0, 0.05) is 16.8 Å². The molecular weight excluding hydrogens is 380 g/mol. The minimum absolute atomic E-state index is 0.0964. The molecule has 0 spiro atoms. The van der Waals surface area contributed by atoms with Crippen LogP contribution in [0.15, 0.2) is 89.7 Å². The number of hydrogen-bond acceptors (Lipinski definition) is 5. The Morgan fingerprint density at radius 3 is 2.00 bits per heavy atom. The predicted molar refractivity (Wildman–Crippen MR) is 114 cm³/mol. The van der Waals surface area contributed by atoms with E-state index in [0.29, 0.717) is 17.1 Å². The van der Waals surface area contributed by atoms with Crippen molar-refractivity contribution in [3.63, 3.8) is 0 Å². The van der Waals surface area contributed by atoms with Crippen LogP contribution in [0, 0.1) is 0 Å². The number of phenols is 1. The average Bonchev–Trinajstić information content (AvgIpc) is 2.78. The molecule has 1 amide bonds. The van der Waals surface area contributed by atoms with E-state index in [4.69, 9.17) is 0 Å². The van der Waals surface area contributed by atoms with Gasteiger partial charge in [-0.2, -0.15) is 10.1 Å². The standard InChI is InChI=1S/C23H18N4O3/c28-19-13-11-18(12-14-19)24-20(29)15-27-23(30)25-21(16-7-3-1-4-8-16)22(26-27)17-9-5-2-6-10-17/h1-14,28H,15H2,(H,24,29). The fourth-order valence-corrected chi connectivity index (χ4v) is 2.99. The number of benzene rings is 3. The Balaban J connectivity index is 1.70. The second kappa shape index (κ2) is 8.40. The van der Waals surface area contributed by atoms with Crippen LogP contribution >= 0.6 is 0 Å². The quantitative estimate of drug-likeness (QED) is 0.503. The number of aromatic nitrogens is 3. The maximum Gasteiger partial charge on any atom is 0.365 e. The van der Waals surface area contributed by atoms with Crippen molar-refractivity contribution in [2.75, 3.05) is 5.32 Å². The van der Waals surface area contributed by atoms with Crippen molar-refractivity contribution in [2.24, 2.45) is 0 Å². The Bertz CT molecular complexity index is 1220. The van der Waals surface area contributed by atoms with E-state index in [1.54, 1.807) is 12.1 Å². The molecule has 0 atom stereocenters. The van der Waals surface area contributed by atoms with Crippen molar-refractivity contribution >= 4 is 11.6 Å². The number of rotatable bonds is 5. The fourth-order valence-electron chi connectivity index (χ4n) is 2.99. The highest BCUT2D eigenvalue weighted by molar-refractivity contribution is 5.90. The van der Waals surface area contributed by atoms with Gasteiger partial charge in [0.25, 0.3) is 0 Å². The summed E-state index contributed by atoms with van der Waals surface area (Å²) in [7, 11) is 0. The topological polar surface area (TPSA) is 97.1 Å². The summed E-state index contributed by atoms with van der Waals surface area (Å²) in [5.41, 5.74) is 2.41. The Hall–Kier alpha value is -4.26. The van der Waals surface area contributed by atoms with Crippen molar-refractivity contribution in [3.8, 4) is 28.3 Å². The van der Waals surface area contributed by atoms with E-state index in [9.17, 15) is 14.7 Å². The molecule has 0 radical (unpaired) electrons. The van der Waals surface area contributed by atoms with Crippen LogP contribution in [0.4, 0.5) is 5.69 Å². The summed E-state index contributed by atoms with van der Waals surface area (Å²) in [6.07, 6.45) is 0. The lowest BCUT2D eigenvalue weighted by molar-refractivity contribution is -0.117. The summed E-state index contributed by atoms with van der Waals surface area (Å²) in [6, 6.07) is 24.8. The average molecular weight is 398 g/mol. The van der Waals surface area contributed by atoms with Crippen molar-refractivity contribution in [1.82, 2.24) is 14.8 Å². The monoisotopic (exact) mass is 398 g/mol. The van der Waals surface area contributed by atoms with Gasteiger partial charge < -0.3 is 10.4 Å². The Kier molecular flexibility index (Phi) is 5.34. The molecule has 148 valence electrons. The first-order valence-electron chi connectivity index (χ1n) is 9.29. The molecule has 0 saturated carbocycles. The molecule has 1 aromatic heterocycles. The Labute approximate surface area is 172 Å². The van der Waals surface area contributed by atoms with Crippen molar-refractivity contribution in [2.45, 2.75) is 6.54 Å². The lowest BCUT2D eigenvalue weighted by Gasteiger charge is -2.12. The van der Waals surface area contributed by atoms with Crippen molar-refractivity contribution in [3.05, 3.63) is 95.4 Å². The SMILES string of the molecule is O=C(Cn1nc(-c2ccccc2)c(-c2ccccc2)nc1=O)Nc1ccc(O)cc1. The van der Waals surface area contributed by atoms with Crippen LogP contribution in [-0.4, -0.2) is 25.8 Å². The third-order valence-corrected chi connectivity index (χ3v) is 4.41. The van der Waals surface area contributed by atoms with E-state index < -0.39 is 11.6 Å². The molecule has 3 aromatic carbocycles. The number of carbonyl (C=O) groups is 1. The largest absolute Gasteiger partial charge is 0.508 e. The molecule has 7 nitrogen and oxygen atoms in total. The van der Waals surface area contributed by atoms with E-state index in [1.807, 2.05) is 60.7 Å². The van der Waals surface area contributed by atoms with Crippen molar-refractivity contribution in [1.29, 1.82) is 0 Å². The van der Waals surface area contributed by atoms with Crippen LogP contribution in [0.2, 0.25) is 0 Å². The molecule has 0 aliphatic carbocycles. The zero-order valence-electron chi connectivity index (χ0n) is 15.9. The van der Waals surface area contributed by atoms with Crippen molar-refractivity contribution < 1.29 is 9.90 Å². The third-order valence-electron chi connectivity index (χ3n) is 4.41. The maximum atomic E-state index is 12.6. The fraction of sp³-hybridized carbons (Fsp3) is 0.0435. The smallest absolute Gasteiger partial charge is 0.365 e. The third kappa shape index (κ3) is 4.25. The minimum Gasteiger partial charge on any atom is -0.508 e. The van der Waals surface area contributed by atoms with Gasteiger partial charge in [0.05, 0.1) is 0 Å². The minimum atomic E-state index is -0.616. The molecule has 0 fully saturated rings. The molecule has 0 saturated heterocycles. The van der Waals surface area contributed by atoms with E-state index in [2.05, 4.69) is 15.4 Å². The Morgan fingerprint density at radius 2 is 1.40 bits per heavy atom. The summed E-state index contributed by atoms with van der Waals surface area (Å²) in [6.45, 7) is -0.290. The van der Waals surface area contributed by atoms with E-state index in [1.165, 1.54) is 12.1 Å². The van der Waals surface area contributed by atoms with Gasteiger partial charge in [0.1, 0.15) is 23.7 Å². The zero-order chi connectivity index (χ0) is 20.9. The normalized spacial score (nSPS) is 10.5. The molecule has 2 N–H and O–H groups in total. The number of aromatic hydroxyl groups is 1. The second-order valence-corrected chi connectivity index (χ2v) is 6.58. The number of carbonyl (C=O) groups excluding carboxylic acids is 1. The highest BCUT2D eigenvalue weighted by Crippen LogP contribution is 2.27. The molecule has 0 aliphatic rings. The van der Waals surface area contributed by atoms with E-state index in [-0.39, 0.29) is 12.3 Å². The van der Waals surface area contributed by atoms with Crippen LogP contribution in [0.5, 0.6) is 5.75 Å². The first kappa shape index (κ1) is 19.1. The summed E-state index contributed by atoms with van der Waals surface area (Å²) >= 11 is 0. The lowest BCUT2D eigenvalue weighted by atomic mass is 10.0. The van der Waals surface area contributed by atoms with Gasteiger partial charge in [-0.25, -0.2) is 9.48 Å². The second-order valence-electron chi connectivity index (χ2n) is 6.58. The number of nitrogens with zero attached hydrogens (tertiary/aromatic N) is 3.